The molecule has 1 aromatic carbocycles. The van der Waals surface area contributed by atoms with Gasteiger partial charge >= 0.3 is 0 Å². The lowest BCUT2D eigenvalue weighted by Crippen LogP contribution is -2.05. The number of nitrogens with zero attached hydrogens (tertiary/aromatic N) is 2. The number of urea groups is 1. The molecule has 0 atom stereocenters. The first-order chi connectivity index (χ1) is 6.22. The maximum absolute atomic E-state index is 10.8. The molecule has 13 heavy (non-hydrogen) atoms. The number of anilines is 1. The Balaban J connectivity index is 2.74. The number of benzene rings is 1. The van der Waals surface area contributed by atoms with E-state index in [1.165, 1.54) is 6.01 Å². The van der Waals surface area contributed by atoms with Crippen molar-refractivity contribution in [3.8, 4) is 0 Å². The van der Waals surface area contributed by atoms with Crippen molar-refractivity contribution in [3.63, 3.8) is 0 Å². The molecular formula is C8H5BrN3O-. The van der Waals surface area contributed by atoms with E-state index in [2.05, 4.69) is 26.2 Å². The summed E-state index contributed by atoms with van der Waals surface area (Å²) in [6.07, 6.45) is 0. The van der Waals surface area contributed by atoms with E-state index in [1.807, 2.05) is 6.07 Å². The molecule has 0 aromatic heterocycles. The summed E-state index contributed by atoms with van der Waals surface area (Å²) in [4.78, 5) is 13.8. The fraction of sp³-hybridized carbons (Fsp3) is 0. The topological polar surface area (TPSA) is 63.8 Å². The van der Waals surface area contributed by atoms with Crippen molar-refractivity contribution in [1.82, 2.24) is 0 Å². The minimum absolute atomic E-state index is 0.596. The van der Waals surface area contributed by atoms with Gasteiger partial charge in [-0.2, -0.15) is 0 Å². The second-order valence-corrected chi connectivity index (χ2v) is 3.07. The van der Waals surface area contributed by atoms with E-state index < -0.39 is 6.03 Å². The lowest BCUT2D eigenvalue weighted by atomic mass is 10.3. The highest BCUT2D eigenvalue weighted by molar-refractivity contribution is 9.10. The molecule has 0 fully saturated rings. The van der Waals surface area contributed by atoms with Crippen LogP contribution in [0.2, 0.25) is 0 Å². The Hall–Kier alpha value is -1.45. The van der Waals surface area contributed by atoms with Crippen LogP contribution in [0.1, 0.15) is 0 Å². The molecule has 0 heterocycles. The number of nitrogens with one attached hydrogen (secondary N) is 1. The van der Waals surface area contributed by atoms with E-state index in [9.17, 15) is 4.79 Å². The number of carbonyl (C=O) groups is 1. The molecule has 1 rings (SSSR count). The standard InChI is InChI=1S/C8H5BrN3O/c9-6-2-1-3-7(4-6)12-8(13)11-5-10/h1-4H,(H,12,13)/q-1. The third-order valence-corrected chi connectivity index (χ3v) is 1.72. The number of amides is 2. The van der Waals surface area contributed by atoms with Crippen LogP contribution in [0.15, 0.2) is 33.7 Å². The minimum Gasteiger partial charge on any atom is -0.422 e. The summed E-state index contributed by atoms with van der Waals surface area (Å²) >= 11 is 3.24. The van der Waals surface area contributed by atoms with Crippen LogP contribution in [-0.2, 0) is 0 Å². The van der Waals surface area contributed by atoms with Gasteiger partial charge in [0.15, 0.2) is 0 Å². The predicted molar refractivity (Wildman–Crippen MR) is 54.0 cm³/mol. The zero-order valence-electron chi connectivity index (χ0n) is 6.49. The molecule has 0 aliphatic carbocycles. The molecule has 0 bridgehead atoms. The number of rotatable bonds is 1. The summed E-state index contributed by atoms with van der Waals surface area (Å²) in [7, 11) is 0. The van der Waals surface area contributed by atoms with Crippen LogP contribution in [0.3, 0.4) is 0 Å². The fourth-order valence-electron chi connectivity index (χ4n) is 0.763. The molecule has 0 radical (unpaired) electrons. The number of halogens is 1. The van der Waals surface area contributed by atoms with E-state index in [4.69, 9.17) is 5.41 Å². The first-order valence-electron chi connectivity index (χ1n) is 3.39. The molecule has 1 N–H and O–H groups in total. The van der Waals surface area contributed by atoms with Crippen LogP contribution in [-0.4, -0.2) is 12.0 Å². The van der Waals surface area contributed by atoms with Crippen LogP contribution in [0.5, 0.6) is 0 Å². The molecule has 0 unspecified atom stereocenters. The molecule has 0 saturated carbocycles. The molecule has 5 heteroatoms. The van der Waals surface area contributed by atoms with E-state index in [0.717, 1.165) is 4.47 Å². The summed E-state index contributed by atoms with van der Waals surface area (Å²) in [6, 6.07) is 7.75. The van der Waals surface area contributed by atoms with E-state index >= 15 is 0 Å². The van der Waals surface area contributed by atoms with E-state index in [0.29, 0.717) is 5.69 Å². The van der Waals surface area contributed by atoms with Gasteiger partial charge in [0, 0.05) is 10.2 Å². The summed E-state index contributed by atoms with van der Waals surface area (Å²) in [6.45, 7) is 0. The van der Waals surface area contributed by atoms with Gasteiger partial charge < -0.3 is 15.7 Å². The highest BCUT2D eigenvalue weighted by atomic mass is 79.9. The smallest absolute Gasteiger partial charge is 0.249 e. The Morgan fingerprint density at radius 2 is 2.38 bits per heavy atom. The molecule has 2 amide bonds. The number of hydrogen-bond donors (Lipinski definition) is 1. The Kier molecular flexibility index (Phi) is 3.37. The van der Waals surface area contributed by atoms with Gasteiger partial charge in [-0.05, 0) is 18.2 Å². The maximum Gasteiger partial charge on any atom is 0.249 e. The Morgan fingerprint density at radius 1 is 1.62 bits per heavy atom. The van der Waals surface area contributed by atoms with Crippen LogP contribution in [0.4, 0.5) is 10.5 Å². The first kappa shape index (κ1) is 9.64. The second-order valence-electron chi connectivity index (χ2n) is 2.15. The third kappa shape index (κ3) is 3.19. The summed E-state index contributed by atoms with van der Waals surface area (Å²) in [5, 5.41) is 10.5. The summed E-state index contributed by atoms with van der Waals surface area (Å²) in [5.74, 6) is 0. The molecule has 4 nitrogen and oxygen atoms in total. The van der Waals surface area contributed by atoms with Gasteiger partial charge in [0.05, 0.1) is 0 Å². The quantitative estimate of drug-likeness (QED) is 0.752. The highest BCUT2D eigenvalue weighted by Crippen LogP contribution is 2.15. The zero-order valence-corrected chi connectivity index (χ0v) is 8.08. The monoisotopic (exact) mass is 238 g/mol. The van der Waals surface area contributed by atoms with Crippen molar-refractivity contribution in [3.05, 3.63) is 34.1 Å². The van der Waals surface area contributed by atoms with Gasteiger partial charge in [-0.25, -0.2) is 0 Å². The van der Waals surface area contributed by atoms with Crippen molar-refractivity contribution < 1.29 is 4.79 Å². The fourth-order valence-corrected chi connectivity index (χ4v) is 1.16. The normalized spacial score (nSPS) is 8.69. The van der Waals surface area contributed by atoms with E-state index in [1.54, 1.807) is 18.2 Å². The minimum atomic E-state index is -0.666. The van der Waals surface area contributed by atoms with Crippen LogP contribution in [0, 0.1) is 0 Å². The van der Waals surface area contributed by atoms with Gasteiger partial charge in [0.1, 0.15) is 0 Å². The van der Waals surface area contributed by atoms with Crippen molar-refractivity contribution in [2.75, 3.05) is 5.32 Å². The predicted octanol–water partition coefficient (Wildman–Crippen LogP) is 2.72. The number of carbonyl (C=O) groups excluding carboxylic acids is 1. The molecule has 0 saturated heterocycles. The molecule has 0 aliphatic rings. The van der Waals surface area contributed by atoms with Gasteiger partial charge in [-0.3, -0.25) is 4.79 Å². The summed E-state index contributed by atoms with van der Waals surface area (Å²) < 4.78 is 0.849. The second kappa shape index (κ2) is 4.54. The SMILES string of the molecule is [N-]=C=NC(=O)Nc1cccc(Br)c1. The lowest BCUT2D eigenvalue weighted by Gasteiger charge is -2.03. The molecule has 0 spiro atoms. The van der Waals surface area contributed by atoms with Crippen molar-refractivity contribution in [2.45, 2.75) is 0 Å². The van der Waals surface area contributed by atoms with Crippen LogP contribution >= 0.6 is 15.9 Å². The van der Waals surface area contributed by atoms with Gasteiger partial charge in [-0.15, -0.1) is 6.01 Å². The average Bonchev–Trinajstić information content (AvgIpc) is 2.04. The maximum atomic E-state index is 10.8. The Labute approximate surface area is 83.3 Å². The lowest BCUT2D eigenvalue weighted by molar-refractivity contribution is 0.260. The highest BCUT2D eigenvalue weighted by Gasteiger charge is 1.94. The van der Waals surface area contributed by atoms with Crippen molar-refractivity contribution in [1.29, 1.82) is 0 Å². The van der Waals surface area contributed by atoms with Gasteiger partial charge in [0.25, 0.3) is 0 Å². The van der Waals surface area contributed by atoms with Crippen molar-refractivity contribution >= 4 is 33.7 Å². The Bertz CT molecular complexity index is 371. The first-order valence-corrected chi connectivity index (χ1v) is 4.18. The summed E-state index contributed by atoms with van der Waals surface area (Å²) in [5.41, 5.74) is 0.596. The average molecular weight is 239 g/mol. The molecule has 1 aromatic rings. The van der Waals surface area contributed by atoms with Crippen LogP contribution in [0.25, 0.3) is 5.41 Å². The molecule has 0 aliphatic heterocycles. The number of hydrogen-bond acceptors (Lipinski definition) is 1. The Morgan fingerprint density at radius 3 is 3.00 bits per heavy atom. The largest absolute Gasteiger partial charge is 0.422 e. The van der Waals surface area contributed by atoms with E-state index in [-0.39, 0.29) is 0 Å². The van der Waals surface area contributed by atoms with Gasteiger partial charge in [0.2, 0.25) is 6.03 Å². The molecule has 66 valence electrons. The van der Waals surface area contributed by atoms with Crippen molar-refractivity contribution in [2.24, 2.45) is 4.99 Å². The van der Waals surface area contributed by atoms with Crippen LogP contribution < -0.4 is 5.32 Å². The zero-order chi connectivity index (χ0) is 9.68. The number of aliphatic imine (C=N–C) groups is 1. The van der Waals surface area contributed by atoms with Gasteiger partial charge in [-0.1, -0.05) is 22.0 Å². The third-order valence-electron chi connectivity index (χ3n) is 1.23. The molecular weight excluding hydrogens is 234 g/mol.